The van der Waals surface area contributed by atoms with Gasteiger partial charge in [-0.15, -0.1) is 0 Å². The molecule has 0 fully saturated rings. The molecule has 8 heteroatoms. The molecule has 0 aliphatic rings. The number of aromatic amines is 1. The summed E-state index contributed by atoms with van der Waals surface area (Å²) in [5.41, 5.74) is 5.60. The Morgan fingerprint density at radius 3 is 2.38 bits per heavy atom. The second-order valence-corrected chi connectivity index (χ2v) is 8.59. The fourth-order valence-corrected chi connectivity index (χ4v) is 4.43. The molecule has 0 aliphatic carbocycles. The van der Waals surface area contributed by atoms with Gasteiger partial charge in [0.2, 0.25) is 5.89 Å². The van der Waals surface area contributed by atoms with Gasteiger partial charge in [-0.2, -0.15) is 0 Å². The number of oxazole rings is 1. The Morgan fingerprint density at radius 2 is 1.66 bits per heavy atom. The van der Waals surface area contributed by atoms with Crippen LogP contribution in [-0.4, -0.2) is 24.5 Å². The van der Waals surface area contributed by atoms with Crippen LogP contribution in [0.4, 0.5) is 0 Å². The number of imidazole rings is 1. The first kappa shape index (κ1) is 20.3. The number of fused-ring (bicyclic) bond motifs is 1. The van der Waals surface area contributed by atoms with Crippen molar-refractivity contribution in [2.24, 2.45) is 0 Å². The van der Waals surface area contributed by atoms with Crippen molar-refractivity contribution >= 4 is 22.9 Å². The highest BCUT2D eigenvalue weighted by atomic mass is 32.2. The summed E-state index contributed by atoms with van der Waals surface area (Å²) in [7, 11) is 0. The van der Waals surface area contributed by atoms with E-state index in [4.69, 9.17) is 9.40 Å². The summed E-state index contributed by atoms with van der Waals surface area (Å²) in [6.07, 6.45) is 1.40. The van der Waals surface area contributed by atoms with Crippen molar-refractivity contribution in [1.29, 1.82) is 0 Å². The maximum absolute atomic E-state index is 12.3. The maximum atomic E-state index is 12.3. The second kappa shape index (κ2) is 8.12. The quantitative estimate of drug-likeness (QED) is 0.385. The molecule has 0 amide bonds. The Kier molecular flexibility index (Phi) is 5.14. The fourth-order valence-electron chi connectivity index (χ4n) is 3.42. The number of nitrogens with zero attached hydrogens (tertiary/aromatic N) is 4. The SMILES string of the molecule is Cc1ccc(-c2nc(CSc3nc4c(=O)[nH]cnc4n3-c3ccc(C)cc3)c(C)o2)cc1. The molecule has 0 aliphatic heterocycles. The first-order valence-corrected chi connectivity index (χ1v) is 11.2. The molecule has 0 spiro atoms. The van der Waals surface area contributed by atoms with E-state index < -0.39 is 0 Å². The standard InChI is InChI=1S/C24H21N5O2S/c1-14-4-8-17(9-5-14)23-27-19(16(3)31-23)12-32-24-28-20-21(25-13-26-22(20)30)29(24)18-10-6-15(2)7-11-18/h4-11,13H,12H2,1-3H3,(H,25,26,30). The Hall–Kier alpha value is -3.65. The third-order valence-electron chi connectivity index (χ3n) is 5.24. The van der Waals surface area contributed by atoms with Gasteiger partial charge in [0.1, 0.15) is 5.76 Å². The molecule has 0 saturated carbocycles. The number of thioether (sulfide) groups is 1. The monoisotopic (exact) mass is 443 g/mol. The molecule has 1 N–H and O–H groups in total. The maximum Gasteiger partial charge on any atom is 0.278 e. The minimum Gasteiger partial charge on any atom is -0.441 e. The van der Waals surface area contributed by atoms with Crippen molar-refractivity contribution in [2.45, 2.75) is 31.7 Å². The second-order valence-electron chi connectivity index (χ2n) is 7.65. The number of nitrogens with one attached hydrogen (secondary N) is 1. The van der Waals surface area contributed by atoms with Gasteiger partial charge in [0.15, 0.2) is 16.3 Å². The van der Waals surface area contributed by atoms with E-state index in [2.05, 4.69) is 15.0 Å². The van der Waals surface area contributed by atoms with Crippen LogP contribution in [0.5, 0.6) is 0 Å². The molecular weight excluding hydrogens is 422 g/mol. The van der Waals surface area contributed by atoms with Crippen LogP contribution in [0.15, 0.2) is 69.2 Å². The number of hydrogen-bond acceptors (Lipinski definition) is 6. The molecule has 0 saturated heterocycles. The summed E-state index contributed by atoms with van der Waals surface area (Å²) < 4.78 is 7.82. The molecule has 32 heavy (non-hydrogen) atoms. The number of rotatable bonds is 5. The minimum absolute atomic E-state index is 0.262. The third kappa shape index (κ3) is 3.73. The first-order chi connectivity index (χ1) is 15.5. The highest BCUT2D eigenvalue weighted by molar-refractivity contribution is 7.98. The summed E-state index contributed by atoms with van der Waals surface area (Å²) >= 11 is 1.50. The van der Waals surface area contributed by atoms with Gasteiger partial charge in [0, 0.05) is 17.0 Å². The Labute approximate surface area is 188 Å². The van der Waals surface area contributed by atoms with E-state index in [9.17, 15) is 4.79 Å². The van der Waals surface area contributed by atoms with Crippen LogP contribution in [0.3, 0.4) is 0 Å². The van der Waals surface area contributed by atoms with E-state index in [1.165, 1.54) is 23.7 Å². The first-order valence-electron chi connectivity index (χ1n) is 10.2. The lowest BCUT2D eigenvalue weighted by Gasteiger charge is -2.08. The molecule has 5 rings (SSSR count). The average Bonchev–Trinajstić information content (AvgIpc) is 3.34. The van der Waals surface area contributed by atoms with Crippen LogP contribution in [0.2, 0.25) is 0 Å². The van der Waals surface area contributed by atoms with E-state index in [1.807, 2.05) is 73.9 Å². The van der Waals surface area contributed by atoms with E-state index in [1.54, 1.807) is 0 Å². The molecule has 160 valence electrons. The Bertz CT molecular complexity index is 1460. The molecule has 2 aromatic carbocycles. The highest BCUT2D eigenvalue weighted by Gasteiger charge is 2.18. The van der Waals surface area contributed by atoms with E-state index in [0.29, 0.717) is 28.0 Å². The van der Waals surface area contributed by atoms with E-state index >= 15 is 0 Å². The minimum atomic E-state index is -0.262. The van der Waals surface area contributed by atoms with Gasteiger partial charge in [-0.3, -0.25) is 9.36 Å². The van der Waals surface area contributed by atoms with Crippen LogP contribution in [0.25, 0.3) is 28.3 Å². The van der Waals surface area contributed by atoms with Gasteiger partial charge in [-0.1, -0.05) is 47.2 Å². The van der Waals surface area contributed by atoms with Crippen LogP contribution < -0.4 is 5.56 Å². The number of aromatic nitrogens is 5. The summed E-state index contributed by atoms with van der Waals surface area (Å²) in [5.74, 6) is 1.92. The molecule has 5 aromatic rings. The lowest BCUT2D eigenvalue weighted by atomic mass is 10.1. The van der Waals surface area contributed by atoms with Crippen molar-refractivity contribution in [3.05, 3.63) is 87.8 Å². The third-order valence-corrected chi connectivity index (χ3v) is 6.19. The largest absolute Gasteiger partial charge is 0.441 e. The molecule has 0 unspecified atom stereocenters. The van der Waals surface area contributed by atoms with Gasteiger partial charge in [0.05, 0.1) is 12.0 Å². The number of aryl methyl sites for hydroxylation is 3. The summed E-state index contributed by atoms with van der Waals surface area (Å²) in [6.45, 7) is 6.00. The lowest BCUT2D eigenvalue weighted by Crippen LogP contribution is -2.07. The smallest absolute Gasteiger partial charge is 0.278 e. The predicted octanol–water partition coefficient (Wildman–Crippen LogP) is 4.98. The number of hydrogen-bond donors (Lipinski definition) is 1. The summed E-state index contributed by atoms with van der Waals surface area (Å²) in [5, 5.41) is 0.673. The molecule has 0 radical (unpaired) electrons. The van der Waals surface area contributed by atoms with E-state index in [0.717, 1.165) is 28.3 Å². The summed E-state index contributed by atoms with van der Waals surface area (Å²) in [4.78, 5) is 28.6. The van der Waals surface area contributed by atoms with Crippen molar-refractivity contribution < 1.29 is 4.42 Å². The normalized spacial score (nSPS) is 11.3. The molecular formula is C24H21N5O2S. The predicted molar refractivity (Wildman–Crippen MR) is 125 cm³/mol. The number of H-pyrrole nitrogens is 1. The van der Waals surface area contributed by atoms with Crippen molar-refractivity contribution in [1.82, 2.24) is 24.5 Å². The van der Waals surface area contributed by atoms with Crippen molar-refractivity contribution in [3.8, 4) is 17.1 Å². The van der Waals surface area contributed by atoms with Gasteiger partial charge in [-0.25, -0.2) is 15.0 Å². The number of benzene rings is 2. The van der Waals surface area contributed by atoms with Gasteiger partial charge in [-0.05, 0) is 45.0 Å². The van der Waals surface area contributed by atoms with Crippen LogP contribution in [-0.2, 0) is 5.75 Å². The molecule has 0 bridgehead atoms. The van der Waals surface area contributed by atoms with Gasteiger partial charge >= 0.3 is 0 Å². The van der Waals surface area contributed by atoms with Crippen LogP contribution in [0.1, 0.15) is 22.6 Å². The molecule has 3 heterocycles. The topological polar surface area (TPSA) is 89.6 Å². The van der Waals surface area contributed by atoms with Crippen molar-refractivity contribution in [2.75, 3.05) is 0 Å². The van der Waals surface area contributed by atoms with E-state index in [-0.39, 0.29) is 5.56 Å². The molecule has 0 atom stereocenters. The summed E-state index contributed by atoms with van der Waals surface area (Å²) in [6, 6.07) is 16.1. The molecule has 7 nitrogen and oxygen atoms in total. The van der Waals surface area contributed by atoms with Crippen LogP contribution >= 0.6 is 11.8 Å². The van der Waals surface area contributed by atoms with Crippen LogP contribution in [0, 0.1) is 20.8 Å². The van der Waals surface area contributed by atoms with Gasteiger partial charge in [0.25, 0.3) is 5.56 Å². The fraction of sp³-hybridized carbons (Fsp3) is 0.167. The average molecular weight is 444 g/mol. The Morgan fingerprint density at radius 1 is 0.969 bits per heavy atom. The lowest BCUT2D eigenvalue weighted by molar-refractivity contribution is 0.540. The zero-order chi connectivity index (χ0) is 22.2. The zero-order valence-electron chi connectivity index (χ0n) is 17.9. The Balaban J connectivity index is 1.50. The van der Waals surface area contributed by atoms with Gasteiger partial charge < -0.3 is 9.40 Å². The molecule has 3 aromatic heterocycles. The zero-order valence-corrected chi connectivity index (χ0v) is 18.7. The van der Waals surface area contributed by atoms with Crippen molar-refractivity contribution in [3.63, 3.8) is 0 Å². The highest BCUT2D eigenvalue weighted by Crippen LogP contribution is 2.30.